The van der Waals surface area contributed by atoms with Gasteiger partial charge in [-0.05, 0) is 48.3 Å². The van der Waals surface area contributed by atoms with Crippen LogP contribution in [0.2, 0.25) is 0 Å². The predicted molar refractivity (Wildman–Crippen MR) is 103 cm³/mol. The molecule has 5 rings (SSSR count). The van der Waals surface area contributed by atoms with Gasteiger partial charge in [0.25, 0.3) is 0 Å². The zero-order valence-electron chi connectivity index (χ0n) is 14.7. The van der Waals surface area contributed by atoms with Crippen LogP contribution in [-0.4, -0.2) is 29.6 Å². The van der Waals surface area contributed by atoms with Crippen molar-refractivity contribution in [2.45, 2.75) is 29.0 Å². The third-order valence-electron chi connectivity index (χ3n) is 6.47. The Hall–Kier alpha value is -1.86. The number of H-pyrrole nitrogens is 1. The number of carbonyl (C=O) groups excluding carboxylic acids is 2. The molecule has 3 aliphatic rings. The van der Waals surface area contributed by atoms with Crippen molar-refractivity contribution in [2.24, 2.45) is 23.7 Å². The molecular weight excluding hydrogens is 382 g/mol. The second-order valence-electron chi connectivity index (χ2n) is 7.65. The first-order valence-electron chi connectivity index (χ1n) is 9.14. The monoisotopic (exact) mass is 401 g/mol. The minimum atomic E-state index is -0.355. The molecule has 2 aliphatic carbocycles. The van der Waals surface area contributed by atoms with Crippen molar-refractivity contribution in [3.05, 3.63) is 49.9 Å². The van der Waals surface area contributed by atoms with E-state index in [1.807, 2.05) is 12.1 Å². The van der Waals surface area contributed by atoms with Crippen LogP contribution in [0.15, 0.2) is 34.1 Å². The average molecular weight is 402 g/mol. The molecule has 0 amide bonds. The maximum absolute atomic E-state index is 12.1. The van der Waals surface area contributed by atoms with E-state index in [0.29, 0.717) is 28.6 Å². The third-order valence-corrected chi connectivity index (χ3v) is 9.09. The zero-order valence-corrected chi connectivity index (χ0v) is 16.3. The summed E-state index contributed by atoms with van der Waals surface area (Å²) >= 11 is 3.08. The van der Waals surface area contributed by atoms with Gasteiger partial charge in [-0.25, -0.2) is 4.79 Å². The molecule has 1 N–H and O–H groups in total. The van der Waals surface area contributed by atoms with E-state index < -0.39 is 0 Å². The number of thiazole rings is 1. The number of fused-ring (bicyclic) bond motifs is 6. The second kappa shape index (κ2) is 6.34. The van der Waals surface area contributed by atoms with Gasteiger partial charge in [-0.15, -0.1) is 11.8 Å². The molecule has 7 heteroatoms. The molecule has 2 fully saturated rings. The Kier molecular flexibility index (Phi) is 4.05. The predicted octanol–water partition coefficient (Wildman–Crippen LogP) is 3.30. The second-order valence-corrected chi connectivity index (χ2v) is 9.86. The zero-order chi connectivity index (χ0) is 18.7. The lowest BCUT2D eigenvalue weighted by Gasteiger charge is -2.41. The Morgan fingerprint density at radius 2 is 2.04 bits per heavy atom. The standard InChI is InChI=1S/C20H19NO4S2/c1-25-19(23)10-4-2-9(3-5-10)14-15-13-7-11(6-12(13)8-22)16(15)26-18-17(14)27-20(24)21-18/h2-5,8,11-16H,6-7H2,1H3,(H,21,24)/t11-,12+,13+,14+,15-,16+/m0/s1. The summed E-state index contributed by atoms with van der Waals surface area (Å²) < 4.78 is 4.79. The molecule has 0 spiro atoms. The summed E-state index contributed by atoms with van der Waals surface area (Å²) in [4.78, 5) is 39.5. The molecule has 27 heavy (non-hydrogen) atoms. The lowest BCUT2D eigenvalue weighted by Crippen LogP contribution is -2.37. The smallest absolute Gasteiger partial charge is 0.337 e. The molecule has 2 saturated carbocycles. The van der Waals surface area contributed by atoms with Crippen LogP contribution in [0.1, 0.15) is 39.6 Å². The van der Waals surface area contributed by atoms with Gasteiger partial charge in [0.15, 0.2) is 0 Å². The van der Waals surface area contributed by atoms with Crippen molar-refractivity contribution in [3.63, 3.8) is 0 Å². The van der Waals surface area contributed by atoms with Gasteiger partial charge in [0.1, 0.15) is 6.29 Å². The van der Waals surface area contributed by atoms with Crippen molar-refractivity contribution in [3.8, 4) is 0 Å². The average Bonchev–Trinajstić information content (AvgIpc) is 3.37. The van der Waals surface area contributed by atoms with Crippen molar-refractivity contribution in [1.82, 2.24) is 4.98 Å². The molecule has 0 saturated heterocycles. The minimum absolute atomic E-state index is 0.0251. The fraction of sp³-hybridized carbons (Fsp3) is 0.450. The Labute approximate surface area is 164 Å². The van der Waals surface area contributed by atoms with Crippen LogP contribution in [0.25, 0.3) is 0 Å². The third kappa shape index (κ3) is 2.55. The van der Waals surface area contributed by atoms with Crippen molar-refractivity contribution < 1.29 is 14.3 Å². The number of aromatic amines is 1. The lowest BCUT2D eigenvalue weighted by atomic mass is 9.71. The Balaban J connectivity index is 1.60. The molecule has 0 unspecified atom stereocenters. The molecule has 1 aromatic carbocycles. The summed E-state index contributed by atoms with van der Waals surface area (Å²) in [6, 6.07) is 7.52. The maximum atomic E-state index is 12.1. The van der Waals surface area contributed by atoms with Gasteiger partial charge < -0.3 is 14.5 Å². The molecule has 1 aromatic heterocycles. The fourth-order valence-electron chi connectivity index (χ4n) is 5.43. The first-order valence-corrected chi connectivity index (χ1v) is 10.8. The number of benzene rings is 1. The van der Waals surface area contributed by atoms with Crippen LogP contribution in [0, 0.1) is 23.7 Å². The van der Waals surface area contributed by atoms with E-state index in [2.05, 4.69) is 4.98 Å². The molecule has 0 radical (unpaired) electrons. The van der Waals surface area contributed by atoms with Gasteiger partial charge in [-0.3, -0.25) is 4.79 Å². The number of esters is 1. The number of nitrogens with one attached hydrogen (secondary N) is 1. The molecule has 2 heterocycles. The van der Waals surface area contributed by atoms with Crippen LogP contribution < -0.4 is 4.87 Å². The van der Waals surface area contributed by atoms with E-state index in [1.165, 1.54) is 18.4 Å². The van der Waals surface area contributed by atoms with E-state index in [9.17, 15) is 14.4 Å². The van der Waals surface area contributed by atoms with E-state index in [1.54, 1.807) is 23.9 Å². The minimum Gasteiger partial charge on any atom is -0.465 e. The Morgan fingerprint density at radius 3 is 2.74 bits per heavy atom. The van der Waals surface area contributed by atoms with Gasteiger partial charge in [-0.2, -0.15) is 0 Å². The highest BCUT2D eigenvalue weighted by Gasteiger charge is 2.58. The highest BCUT2D eigenvalue weighted by atomic mass is 32.2. The lowest BCUT2D eigenvalue weighted by molar-refractivity contribution is -0.113. The fourth-order valence-corrected chi connectivity index (χ4v) is 8.28. The number of ether oxygens (including phenoxy) is 1. The number of aromatic nitrogens is 1. The maximum Gasteiger partial charge on any atom is 0.337 e. The number of methoxy groups -OCH3 is 1. The topological polar surface area (TPSA) is 76.2 Å². The number of carbonyl (C=O) groups is 2. The number of hydrogen-bond acceptors (Lipinski definition) is 6. The molecule has 2 bridgehead atoms. The SMILES string of the molecule is COC(=O)c1ccc([C@H]2c3sc(=O)[nH]c3S[C@@H]3[C@@H]4C[C@@H]([C@@H]23)[C@@H](C=O)C4)cc1. The quantitative estimate of drug-likeness (QED) is 0.631. The normalized spacial score (nSPS) is 33.4. The van der Waals surface area contributed by atoms with E-state index in [-0.39, 0.29) is 22.7 Å². The first kappa shape index (κ1) is 17.3. The van der Waals surface area contributed by atoms with Crippen molar-refractivity contribution in [1.29, 1.82) is 0 Å². The molecule has 1 aliphatic heterocycles. The molecule has 6 atom stereocenters. The molecule has 140 valence electrons. The number of thioether (sulfide) groups is 1. The van der Waals surface area contributed by atoms with E-state index >= 15 is 0 Å². The molecule has 5 nitrogen and oxygen atoms in total. The first-order chi connectivity index (χ1) is 13.1. The van der Waals surface area contributed by atoms with Crippen molar-refractivity contribution in [2.75, 3.05) is 7.11 Å². The van der Waals surface area contributed by atoms with Gasteiger partial charge in [0.2, 0.25) is 0 Å². The van der Waals surface area contributed by atoms with Crippen LogP contribution in [0.5, 0.6) is 0 Å². The number of rotatable bonds is 3. The summed E-state index contributed by atoms with van der Waals surface area (Å²) in [5.74, 6) is 1.14. The van der Waals surface area contributed by atoms with Gasteiger partial charge in [0, 0.05) is 22.0 Å². The van der Waals surface area contributed by atoms with Crippen LogP contribution >= 0.6 is 23.1 Å². The number of hydrogen-bond donors (Lipinski definition) is 1. The van der Waals surface area contributed by atoms with Crippen LogP contribution in [0.3, 0.4) is 0 Å². The molecule has 2 aromatic rings. The van der Waals surface area contributed by atoms with Gasteiger partial charge in [-0.1, -0.05) is 23.5 Å². The molecular formula is C20H19NO4S2. The summed E-state index contributed by atoms with van der Waals surface area (Å²) in [7, 11) is 1.37. The van der Waals surface area contributed by atoms with Crippen molar-refractivity contribution >= 4 is 35.4 Å². The summed E-state index contributed by atoms with van der Waals surface area (Å²) in [5, 5.41) is 1.43. The Morgan fingerprint density at radius 1 is 1.26 bits per heavy atom. The van der Waals surface area contributed by atoms with Crippen LogP contribution in [-0.2, 0) is 9.53 Å². The van der Waals surface area contributed by atoms with Gasteiger partial charge >= 0.3 is 10.8 Å². The Bertz CT molecular complexity index is 963. The largest absolute Gasteiger partial charge is 0.465 e. The summed E-state index contributed by atoms with van der Waals surface area (Å²) in [5.41, 5.74) is 1.62. The van der Waals surface area contributed by atoms with E-state index in [0.717, 1.165) is 34.6 Å². The summed E-state index contributed by atoms with van der Waals surface area (Å²) in [6.45, 7) is 0. The van der Waals surface area contributed by atoms with Crippen LogP contribution in [0.4, 0.5) is 0 Å². The summed E-state index contributed by atoms with van der Waals surface area (Å²) in [6.07, 6.45) is 3.21. The highest BCUT2D eigenvalue weighted by Crippen LogP contribution is 2.64. The van der Waals surface area contributed by atoms with E-state index in [4.69, 9.17) is 4.74 Å². The highest BCUT2D eigenvalue weighted by molar-refractivity contribution is 8.00. The van der Waals surface area contributed by atoms with Gasteiger partial charge in [0.05, 0.1) is 17.7 Å². The number of aldehydes is 1.